The van der Waals surface area contributed by atoms with Gasteiger partial charge in [0.15, 0.2) is 5.82 Å². The molecule has 21 heavy (non-hydrogen) atoms. The number of hydrogen-bond donors (Lipinski definition) is 2. The van der Waals surface area contributed by atoms with E-state index in [0.717, 1.165) is 12.1 Å². The van der Waals surface area contributed by atoms with Crippen LogP contribution >= 0.6 is 0 Å². The van der Waals surface area contributed by atoms with Crippen molar-refractivity contribution in [1.82, 2.24) is 9.97 Å². The van der Waals surface area contributed by atoms with E-state index in [4.69, 9.17) is 5.84 Å². The van der Waals surface area contributed by atoms with Crippen molar-refractivity contribution in [2.45, 2.75) is 13.3 Å². The van der Waals surface area contributed by atoms with Crippen molar-refractivity contribution >= 4 is 11.5 Å². The molecule has 110 valence electrons. The molecule has 0 atom stereocenters. The first-order chi connectivity index (χ1) is 9.97. The lowest BCUT2D eigenvalue weighted by Gasteiger charge is -2.08. The Bertz CT molecular complexity index is 686. The van der Waals surface area contributed by atoms with Crippen LogP contribution in [0.5, 0.6) is 0 Å². The van der Waals surface area contributed by atoms with Crippen LogP contribution in [0.4, 0.5) is 20.3 Å². The van der Waals surface area contributed by atoms with E-state index >= 15 is 0 Å². The number of aryl methyl sites for hydroxylation is 1. The van der Waals surface area contributed by atoms with Gasteiger partial charge in [0, 0.05) is 17.8 Å². The van der Waals surface area contributed by atoms with Crippen LogP contribution in [0, 0.1) is 21.7 Å². The number of nitrogens with two attached hydrogens (primary N) is 1. The monoisotopic (exact) mass is 295 g/mol. The average Bonchev–Trinajstić information content (AvgIpc) is 2.46. The van der Waals surface area contributed by atoms with Gasteiger partial charge in [0.25, 0.3) is 0 Å². The fourth-order valence-electron chi connectivity index (χ4n) is 1.75. The maximum atomic E-state index is 14.1. The van der Waals surface area contributed by atoms with Crippen molar-refractivity contribution in [2.75, 3.05) is 5.43 Å². The number of nitrogens with one attached hydrogen (secondary N) is 1. The highest BCUT2D eigenvalue weighted by Gasteiger charge is 2.24. The standard InChI is InChI=1S/C12H11F2N5O2/c1-2-6-5-9(18-15)17-12(16-6)10-7(13)3-4-8(11(10)14)19(20)21/h3-5H,2,15H2,1H3,(H,16,17,18). The summed E-state index contributed by atoms with van der Waals surface area (Å²) in [6.07, 6.45) is 0.475. The minimum Gasteiger partial charge on any atom is -0.308 e. The number of nitro benzene ring substituents is 1. The summed E-state index contributed by atoms with van der Waals surface area (Å²) < 4.78 is 28.0. The van der Waals surface area contributed by atoms with Crippen molar-refractivity contribution < 1.29 is 13.7 Å². The molecule has 0 radical (unpaired) electrons. The Morgan fingerprint density at radius 1 is 1.38 bits per heavy atom. The Labute approximate surface area is 118 Å². The number of aromatic nitrogens is 2. The van der Waals surface area contributed by atoms with Crippen LogP contribution in [0.15, 0.2) is 18.2 Å². The summed E-state index contributed by atoms with van der Waals surface area (Å²) in [6, 6.07) is 3.06. The third-order valence-electron chi connectivity index (χ3n) is 2.78. The second-order valence-corrected chi connectivity index (χ2v) is 4.08. The van der Waals surface area contributed by atoms with E-state index in [9.17, 15) is 18.9 Å². The summed E-state index contributed by atoms with van der Waals surface area (Å²) in [5, 5.41) is 10.7. The molecule has 0 amide bonds. The van der Waals surface area contributed by atoms with Crippen LogP contribution in [-0.2, 0) is 6.42 Å². The molecule has 9 heteroatoms. The molecule has 1 aromatic heterocycles. The first kappa shape index (κ1) is 14.7. The Morgan fingerprint density at radius 3 is 2.67 bits per heavy atom. The lowest BCUT2D eigenvalue weighted by atomic mass is 10.1. The van der Waals surface area contributed by atoms with Crippen molar-refractivity contribution in [3.05, 3.63) is 45.6 Å². The van der Waals surface area contributed by atoms with Crippen LogP contribution in [-0.4, -0.2) is 14.9 Å². The van der Waals surface area contributed by atoms with Gasteiger partial charge in [0.05, 0.1) is 10.5 Å². The number of halogens is 2. The van der Waals surface area contributed by atoms with Crippen LogP contribution in [0.2, 0.25) is 0 Å². The quantitative estimate of drug-likeness (QED) is 0.508. The summed E-state index contributed by atoms with van der Waals surface area (Å²) >= 11 is 0. The number of nitro groups is 1. The van der Waals surface area contributed by atoms with Crippen LogP contribution < -0.4 is 11.3 Å². The molecular formula is C12H11F2N5O2. The van der Waals surface area contributed by atoms with Gasteiger partial charge in [-0.25, -0.2) is 20.2 Å². The predicted molar refractivity (Wildman–Crippen MR) is 71.2 cm³/mol. The van der Waals surface area contributed by atoms with E-state index in [-0.39, 0.29) is 11.6 Å². The zero-order valence-electron chi connectivity index (χ0n) is 10.9. The number of hydrazine groups is 1. The molecule has 0 saturated heterocycles. The van der Waals surface area contributed by atoms with Gasteiger partial charge in [-0.1, -0.05) is 6.92 Å². The van der Waals surface area contributed by atoms with Crippen molar-refractivity contribution in [3.63, 3.8) is 0 Å². The van der Waals surface area contributed by atoms with Gasteiger partial charge in [-0.15, -0.1) is 0 Å². The highest BCUT2D eigenvalue weighted by molar-refractivity contribution is 5.63. The minimum absolute atomic E-state index is 0.155. The van der Waals surface area contributed by atoms with Crippen molar-refractivity contribution in [3.8, 4) is 11.4 Å². The molecule has 2 rings (SSSR count). The molecule has 0 saturated carbocycles. The van der Waals surface area contributed by atoms with Gasteiger partial charge in [-0.3, -0.25) is 10.1 Å². The first-order valence-electron chi connectivity index (χ1n) is 5.95. The third-order valence-corrected chi connectivity index (χ3v) is 2.78. The molecular weight excluding hydrogens is 284 g/mol. The van der Waals surface area contributed by atoms with E-state index in [1.165, 1.54) is 6.07 Å². The summed E-state index contributed by atoms with van der Waals surface area (Å²) in [7, 11) is 0. The molecule has 0 spiro atoms. The van der Waals surface area contributed by atoms with E-state index in [0.29, 0.717) is 12.1 Å². The molecule has 7 nitrogen and oxygen atoms in total. The maximum absolute atomic E-state index is 14.1. The van der Waals surface area contributed by atoms with Gasteiger partial charge in [-0.05, 0) is 12.5 Å². The van der Waals surface area contributed by atoms with E-state index in [1.54, 1.807) is 6.92 Å². The molecule has 3 N–H and O–H groups in total. The molecule has 0 aliphatic carbocycles. The average molecular weight is 295 g/mol. The SMILES string of the molecule is CCc1cc(NN)nc(-c2c(F)ccc([N+](=O)[O-])c2F)n1. The Hall–Kier alpha value is -2.68. The van der Waals surface area contributed by atoms with Gasteiger partial charge in [0.1, 0.15) is 11.6 Å². The number of anilines is 1. The van der Waals surface area contributed by atoms with E-state index in [1.807, 2.05) is 0 Å². The normalized spacial score (nSPS) is 10.5. The summed E-state index contributed by atoms with van der Waals surface area (Å²) in [5.41, 5.74) is 1.24. The molecule has 0 aliphatic heterocycles. The third kappa shape index (κ3) is 2.77. The molecule has 0 aliphatic rings. The summed E-state index contributed by atoms with van der Waals surface area (Å²) in [5.74, 6) is 2.77. The van der Waals surface area contributed by atoms with Crippen LogP contribution in [0.1, 0.15) is 12.6 Å². The van der Waals surface area contributed by atoms with Gasteiger partial charge in [0.2, 0.25) is 5.82 Å². The zero-order valence-corrected chi connectivity index (χ0v) is 10.9. The molecule has 2 aromatic rings. The van der Waals surface area contributed by atoms with Gasteiger partial charge < -0.3 is 5.43 Å². The number of benzene rings is 1. The molecule has 0 unspecified atom stereocenters. The van der Waals surface area contributed by atoms with E-state index < -0.39 is 27.8 Å². The first-order valence-corrected chi connectivity index (χ1v) is 5.95. The summed E-state index contributed by atoms with van der Waals surface area (Å²) in [4.78, 5) is 17.6. The number of nitrogen functional groups attached to an aromatic ring is 1. The zero-order chi connectivity index (χ0) is 15.6. The fraction of sp³-hybridized carbons (Fsp3) is 0.167. The van der Waals surface area contributed by atoms with Crippen LogP contribution in [0.3, 0.4) is 0 Å². The van der Waals surface area contributed by atoms with Gasteiger partial charge >= 0.3 is 5.69 Å². The lowest BCUT2D eigenvalue weighted by Crippen LogP contribution is -2.11. The summed E-state index contributed by atoms with van der Waals surface area (Å²) in [6.45, 7) is 1.78. The van der Waals surface area contributed by atoms with Crippen molar-refractivity contribution in [1.29, 1.82) is 0 Å². The minimum atomic E-state index is -1.32. The van der Waals surface area contributed by atoms with Crippen molar-refractivity contribution in [2.24, 2.45) is 5.84 Å². The Kier molecular flexibility index (Phi) is 4.03. The second-order valence-electron chi connectivity index (χ2n) is 4.08. The smallest absolute Gasteiger partial charge is 0.305 e. The topological polar surface area (TPSA) is 107 Å². The number of nitrogens with zero attached hydrogens (tertiary/aromatic N) is 3. The molecule has 0 bridgehead atoms. The van der Waals surface area contributed by atoms with E-state index in [2.05, 4.69) is 15.4 Å². The Morgan fingerprint density at radius 2 is 2.10 bits per heavy atom. The maximum Gasteiger partial charge on any atom is 0.305 e. The molecule has 1 heterocycles. The lowest BCUT2D eigenvalue weighted by molar-refractivity contribution is -0.387. The molecule has 1 aromatic carbocycles. The number of rotatable bonds is 4. The fourth-order valence-corrected chi connectivity index (χ4v) is 1.75. The number of hydrogen-bond acceptors (Lipinski definition) is 6. The Balaban J connectivity index is 2.71. The second kappa shape index (κ2) is 5.75. The largest absolute Gasteiger partial charge is 0.308 e. The van der Waals surface area contributed by atoms with Gasteiger partial charge in [-0.2, -0.15) is 4.39 Å². The highest BCUT2D eigenvalue weighted by atomic mass is 19.1. The highest BCUT2D eigenvalue weighted by Crippen LogP contribution is 2.30. The molecule has 0 fully saturated rings. The van der Waals surface area contributed by atoms with Crippen LogP contribution in [0.25, 0.3) is 11.4 Å². The predicted octanol–water partition coefficient (Wildman–Crippen LogP) is 2.18.